The minimum absolute atomic E-state index is 0.0690. The van der Waals surface area contributed by atoms with Gasteiger partial charge in [-0.1, -0.05) is 31.6 Å². The third kappa shape index (κ3) is 2.21. The highest BCUT2D eigenvalue weighted by Gasteiger charge is 2.09. The van der Waals surface area contributed by atoms with Gasteiger partial charge < -0.3 is 4.98 Å². The van der Waals surface area contributed by atoms with Gasteiger partial charge in [-0.25, -0.2) is 0 Å². The van der Waals surface area contributed by atoms with Crippen molar-refractivity contribution in [2.75, 3.05) is 0 Å². The van der Waals surface area contributed by atoms with Gasteiger partial charge in [0.25, 0.3) is 0 Å². The first kappa shape index (κ1) is 9.52. The lowest BCUT2D eigenvalue weighted by atomic mass is 9.98. The Morgan fingerprint density at radius 2 is 2.33 bits per heavy atom. The van der Waals surface area contributed by atoms with Gasteiger partial charge >= 0.3 is 4.87 Å². The molecule has 1 rings (SSSR count). The molecule has 2 nitrogen and oxygen atoms in total. The standard InChI is InChI=1S/C9H15NOS/c1-3-5-7(4-2)8-6-12-9(11)10-8/h6-7H,3-5H2,1-2H3,(H,10,11). The zero-order chi connectivity index (χ0) is 8.97. The van der Waals surface area contributed by atoms with Crippen LogP contribution in [0.5, 0.6) is 0 Å². The minimum atomic E-state index is 0.0690. The normalized spacial score (nSPS) is 13.2. The summed E-state index contributed by atoms with van der Waals surface area (Å²) in [5, 5.41) is 1.95. The van der Waals surface area contributed by atoms with Crippen molar-refractivity contribution in [3.8, 4) is 0 Å². The van der Waals surface area contributed by atoms with Crippen LogP contribution in [-0.4, -0.2) is 4.98 Å². The summed E-state index contributed by atoms with van der Waals surface area (Å²) in [6.07, 6.45) is 3.46. The molecule has 0 spiro atoms. The van der Waals surface area contributed by atoms with E-state index in [1.807, 2.05) is 5.38 Å². The SMILES string of the molecule is CCCC(CC)c1csc(=O)[nH]1. The molecule has 12 heavy (non-hydrogen) atoms. The van der Waals surface area contributed by atoms with Gasteiger partial charge in [0, 0.05) is 11.1 Å². The van der Waals surface area contributed by atoms with Crippen LogP contribution >= 0.6 is 11.3 Å². The summed E-state index contributed by atoms with van der Waals surface area (Å²) in [4.78, 5) is 13.8. The lowest BCUT2D eigenvalue weighted by molar-refractivity contribution is 0.583. The minimum Gasteiger partial charge on any atom is -0.316 e. The number of nitrogens with one attached hydrogen (secondary N) is 1. The Morgan fingerprint density at radius 3 is 2.75 bits per heavy atom. The fraction of sp³-hybridized carbons (Fsp3) is 0.667. The molecule has 1 atom stereocenters. The van der Waals surface area contributed by atoms with Crippen LogP contribution in [0.3, 0.4) is 0 Å². The van der Waals surface area contributed by atoms with Crippen LogP contribution in [-0.2, 0) is 0 Å². The first-order valence-electron chi connectivity index (χ1n) is 4.45. The molecule has 0 aliphatic rings. The van der Waals surface area contributed by atoms with Crippen LogP contribution in [0.25, 0.3) is 0 Å². The molecule has 1 N–H and O–H groups in total. The van der Waals surface area contributed by atoms with Crippen molar-refractivity contribution in [3.05, 3.63) is 20.7 Å². The first-order chi connectivity index (χ1) is 5.77. The van der Waals surface area contributed by atoms with Crippen LogP contribution in [0.4, 0.5) is 0 Å². The summed E-state index contributed by atoms with van der Waals surface area (Å²) in [5.74, 6) is 0.550. The molecule has 0 aliphatic heterocycles. The Morgan fingerprint density at radius 1 is 1.58 bits per heavy atom. The molecule has 1 heterocycles. The van der Waals surface area contributed by atoms with Gasteiger partial charge in [-0.05, 0) is 18.8 Å². The van der Waals surface area contributed by atoms with E-state index in [0.717, 1.165) is 12.1 Å². The Hall–Kier alpha value is -0.570. The highest BCUT2D eigenvalue weighted by atomic mass is 32.1. The van der Waals surface area contributed by atoms with Gasteiger partial charge in [0.05, 0.1) is 0 Å². The molecule has 0 radical (unpaired) electrons. The second kappa shape index (κ2) is 4.45. The molecule has 1 aromatic rings. The van der Waals surface area contributed by atoms with Crippen LogP contribution in [0, 0.1) is 0 Å². The highest BCUT2D eigenvalue weighted by molar-refractivity contribution is 7.07. The van der Waals surface area contributed by atoms with Gasteiger partial charge in [0.2, 0.25) is 0 Å². The maximum atomic E-state index is 10.9. The van der Waals surface area contributed by atoms with Crippen LogP contribution in [0.1, 0.15) is 44.7 Å². The predicted molar refractivity (Wildman–Crippen MR) is 52.9 cm³/mol. The van der Waals surface area contributed by atoms with E-state index in [9.17, 15) is 4.79 Å². The van der Waals surface area contributed by atoms with Crippen molar-refractivity contribution >= 4 is 11.3 Å². The van der Waals surface area contributed by atoms with E-state index in [4.69, 9.17) is 0 Å². The van der Waals surface area contributed by atoms with Gasteiger partial charge in [-0.2, -0.15) is 0 Å². The van der Waals surface area contributed by atoms with Crippen molar-refractivity contribution in [2.45, 2.75) is 39.0 Å². The summed E-state index contributed by atoms with van der Waals surface area (Å²) in [5.41, 5.74) is 1.12. The lowest BCUT2D eigenvalue weighted by Crippen LogP contribution is -2.01. The number of hydrogen-bond acceptors (Lipinski definition) is 2. The second-order valence-electron chi connectivity index (χ2n) is 3.00. The predicted octanol–water partition coefficient (Wildman–Crippen LogP) is 2.73. The fourth-order valence-electron chi connectivity index (χ4n) is 1.42. The Labute approximate surface area is 76.6 Å². The number of aromatic amines is 1. The summed E-state index contributed by atoms with van der Waals surface area (Å²) < 4.78 is 0. The van der Waals surface area contributed by atoms with Crippen molar-refractivity contribution in [3.63, 3.8) is 0 Å². The molecule has 0 aromatic carbocycles. The van der Waals surface area contributed by atoms with Crippen molar-refractivity contribution in [1.29, 1.82) is 0 Å². The smallest absolute Gasteiger partial charge is 0.304 e. The molecule has 68 valence electrons. The molecule has 0 aliphatic carbocycles. The molecule has 1 aromatic heterocycles. The molecule has 0 amide bonds. The van der Waals surface area contributed by atoms with Gasteiger partial charge in [-0.3, -0.25) is 4.79 Å². The third-order valence-corrected chi connectivity index (χ3v) is 2.80. The number of aromatic nitrogens is 1. The van der Waals surface area contributed by atoms with E-state index in [2.05, 4.69) is 18.8 Å². The van der Waals surface area contributed by atoms with E-state index in [-0.39, 0.29) is 4.87 Å². The van der Waals surface area contributed by atoms with Crippen molar-refractivity contribution < 1.29 is 0 Å². The highest BCUT2D eigenvalue weighted by Crippen LogP contribution is 2.22. The molecular weight excluding hydrogens is 170 g/mol. The van der Waals surface area contributed by atoms with Gasteiger partial charge in [0.15, 0.2) is 0 Å². The zero-order valence-corrected chi connectivity index (χ0v) is 8.41. The quantitative estimate of drug-likeness (QED) is 0.768. The number of thiazole rings is 1. The van der Waals surface area contributed by atoms with E-state index < -0.39 is 0 Å². The van der Waals surface area contributed by atoms with Gasteiger partial charge in [0.1, 0.15) is 0 Å². The molecule has 0 saturated heterocycles. The Bertz CT molecular complexity index is 276. The summed E-state index contributed by atoms with van der Waals surface area (Å²) >= 11 is 1.26. The van der Waals surface area contributed by atoms with Crippen molar-refractivity contribution in [1.82, 2.24) is 4.98 Å². The monoisotopic (exact) mass is 185 g/mol. The Balaban J connectivity index is 2.72. The van der Waals surface area contributed by atoms with E-state index in [0.29, 0.717) is 5.92 Å². The largest absolute Gasteiger partial charge is 0.316 e. The maximum absolute atomic E-state index is 10.9. The van der Waals surface area contributed by atoms with Crippen LogP contribution in [0.15, 0.2) is 10.2 Å². The summed E-state index contributed by atoms with van der Waals surface area (Å²) in [7, 11) is 0. The third-order valence-electron chi connectivity index (χ3n) is 2.11. The molecule has 0 saturated carbocycles. The van der Waals surface area contributed by atoms with Crippen LogP contribution < -0.4 is 4.87 Å². The average Bonchev–Trinajstić information content (AvgIpc) is 2.47. The number of H-pyrrole nitrogens is 1. The summed E-state index contributed by atoms with van der Waals surface area (Å²) in [6, 6.07) is 0. The molecule has 1 unspecified atom stereocenters. The number of rotatable bonds is 4. The van der Waals surface area contributed by atoms with Crippen molar-refractivity contribution in [2.24, 2.45) is 0 Å². The Kier molecular flexibility index (Phi) is 3.53. The van der Waals surface area contributed by atoms with Crippen LogP contribution in [0.2, 0.25) is 0 Å². The van der Waals surface area contributed by atoms with Gasteiger partial charge in [-0.15, -0.1) is 0 Å². The van der Waals surface area contributed by atoms with E-state index in [1.165, 1.54) is 24.2 Å². The molecule has 0 bridgehead atoms. The topological polar surface area (TPSA) is 32.9 Å². The number of hydrogen-bond donors (Lipinski definition) is 1. The zero-order valence-electron chi connectivity index (χ0n) is 7.59. The lowest BCUT2D eigenvalue weighted by Gasteiger charge is -2.10. The maximum Gasteiger partial charge on any atom is 0.304 e. The molecule has 3 heteroatoms. The first-order valence-corrected chi connectivity index (χ1v) is 5.33. The molecule has 0 fully saturated rings. The molecular formula is C9H15NOS. The fourth-order valence-corrected chi connectivity index (χ4v) is 2.08. The van der Waals surface area contributed by atoms with E-state index >= 15 is 0 Å². The van der Waals surface area contributed by atoms with E-state index in [1.54, 1.807) is 0 Å². The average molecular weight is 185 g/mol. The summed E-state index contributed by atoms with van der Waals surface area (Å²) in [6.45, 7) is 4.34. The second-order valence-corrected chi connectivity index (χ2v) is 3.84.